The van der Waals surface area contributed by atoms with E-state index < -0.39 is 12.6 Å². The van der Waals surface area contributed by atoms with Crippen LogP contribution in [0, 0.1) is 0 Å². The van der Waals surface area contributed by atoms with Crippen molar-refractivity contribution in [3.63, 3.8) is 0 Å². The number of hydrogen-bond donors (Lipinski definition) is 2. The molecule has 0 saturated carbocycles. The Balaban J connectivity index is 1.44. The monoisotopic (exact) mass is 469 g/mol. The second-order valence-corrected chi connectivity index (χ2v) is 8.15. The van der Waals surface area contributed by atoms with Crippen LogP contribution in [0.2, 0.25) is 0 Å². The molecule has 0 aliphatic heterocycles. The molecule has 2 N–H and O–H groups in total. The number of carbonyl (C=O) groups is 1. The van der Waals surface area contributed by atoms with Crippen LogP contribution in [-0.2, 0) is 11.2 Å². The number of H-pyrrole nitrogens is 1. The van der Waals surface area contributed by atoms with Gasteiger partial charge in [0.25, 0.3) is 5.56 Å². The number of carboxylic acid groups (broad SMARTS) is 1. The summed E-state index contributed by atoms with van der Waals surface area (Å²) in [4.78, 5) is 26.1. The number of aliphatic carboxylic acids is 1. The average molecular weight is 470 g/mol. The Morgan fingerprint density at radius 3 is 2.06 bits per heavy atom. The third-order valence-electron chi connectivity index (χ3n) is 5.63. The van der Waals surface area contributed by atoms with Gasteiger partial charge in [-0.2, -0.15) is 0 Å². The normalized spacial score (nSPS) is 10.8. The first kappa shape index (κ1) is 23.8. The maximum Gasteiger partial charge on any atom is 0.341 e. The highest BCUT2D eigenvalue weighted by Gasteiger charge is 2.18. The number of aromatic nitrogens is 1. The molecule has 0 spiro atoms. The van der Waals surface area contributed by atoms with E-state index in [0.29, 0.717) is 36.5 Å². The lowest BCUT2D eigenvalue weighted by Gasteiger charge is -2.19. The Morgan fingerprint density at radius 2 is 1.43 bits per heavy atom. The molecule has 1 heterocycles. The lowest BCUT2D eigenvalue weighted by Crippen LogP contribution is -2.16. The van der Waals surface area contributed by atoms with Gasteiger partial charge in [0.15, 0.2) is 6.61 Å². The number of carboxylic acids is 1. The first-order valence-electron chi connectivity index (χ1n) is 11.5. The summed E-state index contributed by atoms with van der Waals surface area (Å²) in [6.07, 6.45) is 3.01. The van der Waals surface area contributed by atoms with Crippen molar-refractivity contribution in [1.29, 1.82) is 0 Å². The highest BCUT2D eigenvalue weighted by Crippen LogP contribution is 2.31. The van der Waals surface area contributed by atoms with Gasteiger partial charge in [0, 0.05) is 23.7 Å². The molecular weight excluding hydrogens is 442 g/mol. The van der Waals surface area contributed by atoms with Gasteiger partial charge in [0.1, 0.15) is 11.5 Å². The minimum Gasteiger partial charge on any atom is -0.493 e. The molecule has 0 radical (unpaired) electrons. The number of aryl methyl sites for hydroxylation is 1. The summed E-state index contributed by atoms with van der Waals surface area (Å²) in [5.74, 6) is -0.00554. The molecule has 3 aromatic carbocycles. The fourth-order valence-electron chi connectivity index (χ4n) is 4.02. The van der Waals surface area contributed by atoms with Crippen molar-refractivity contribution >= 4 is 5.97 Å². The third kappa shape index (κ3) is 6.60. The van der Waals surface area contributed by atoms with Crippen molar-refractivity contribution in [3.05, 3.63) is 130 Å². The summed E-state index contributed by atoms with van der Waals surface area (Å²) in [6, 6.07) is 29.3. The second kappa shape index (κ2) is 11.7. The Hall–Kier alpha value is -4.32. The third-order valence-corrected chi connectivity index (χ3v) is 5.63. The summed E-state index contributed by atoms with van der Waals surface area (Å²) in [5.41, 5.74) is 3.95. The molecular formula is C29H27NO5. The van der Waals surface area contributed by atoms with Crippen LogP contribution in [0.3, 0.4) is 0 Å². The molecule has 0 aliphatic carbocycles. The summed E-state index contributed by atoms with van der Waals surface area (Å²) >= 11 is 0. The Labute approximate surface area is 203 Å². The maximum atomic E-state index is 12.5. The van der Waals surface area contributed by atoms with E-state index in [2.05, 4.69) is 29.2 Å². The van der Waals surface area contributed by atoms with Crippen LogP contribution >= 0.6 is 0 Å². The van der Waals surface area contributed by atoms with Gasteiger partial charge in [0.05, 0.1) is 6.61 Å². The van der Waals surface area contributed by atoms with Crippen molar-refractivity contribution in [3.8, 4) is 11.5 Å². The fraction of sp³-hybridized carbons (Fsp3) is 0.172. The number of nitrogens with one attached hydrogen (secondary N) is 1. The molecule has 4 rings (SSSR count). The van der Waals surface area contributed by atoms with E-state index in [0.717, 1.165) is 16.7 Å². The second-order valence-electron chi connectivity index (χ2n) is 8.15. The van der Waals surface area contributed by atoms with Crippen LogP contribution in [0.4, 0.5) is 0 Å². The van der Waals surface area contributed by atoms with Crippen molar-refractivity contribution < 1.29 is 19.4 Å². The standard InChI is InChI=1S/C29H27NO5/c31-27(32)20-35-26-15-7-14-25(18-26)34-16-8-13-23-17-24(19-30-29(23)33)28(21-9-3-1-4-10-21)22-11-5-2-6-12-22/h1-7,9-12,14-15,17-19,28H,8,13,16,20H2,(H,30,33)(H,31,32). The van der Waals surface area contributed by atoms with Crippen LogP contribution in [0.25, 0.3) is 0 Å². The molecule has 1 aromatic heterocycles. The number of rotatable bonds is 11. The van der Waals surface area contributed by atoms with Gasteiger partial charge in [0.2, 0.25) is 0 Å². The summed E-state index contributed by atoms with van der Waals surface area (Å²) in [7, 11) is 0. The molecule has 0 fully saturated rings. The Kier molecular flexibility index (Phi) is 7.96. The number of ether oxygens (including phenoxy) is 2. The highest BCUT2D eigenvalue weighted by molar-refractivity contribution is 5.68. The quantitative estimate of drug-likeness (QED) is 0.301. The van der Waals surface area contributed by atoms with E-state index in [1.165, 1.54) is 0 Å². The lowest BCUT2D eigenvalue weighted by atomic mass is 9.85. The van der Waals surface area contributed by atoms with E-state index in [9.17, 15) is 9.59 Å². The van der Waals surface area contributed by atoms with E-state index in [1.807, 2.05) is 42.5 Å². The largest absolute Gasteiger partial charge is 0.493 e. The van der Waals surface area contributed by atoms with E-state index in [-0.39, 0.29) is 11.5 Å². The topological polar surface area (TPSA) is 88.6 Å². The molecule has 178 valence electrons. The molecule has 0 atom stereocenters. The van der Waals surface area contributed by atoms with E-state index in [1.54, 1.807) is 30.5 Å². The molecule has 6 heteroatoms. The molecule has 0 amide bonds. The van der Waals surface area contributed by atoms with Crippen LogP contribution in [-0.4, -0.2) is 29.3 Å². The van der Waals surface area contributed by atoms with Crippen LogP contribution in [0.5, 0.6) is 11.5 Å². The first-order chi connectivity index (χ1) is 17.1. The summed E-state index contributed by atoms with van der Waals surface area (Å²) in [5, 5.41) is 8.75. The highest BCUT2D eigenvalue weighted by atomic mass is 16.5. The van der Waals surface area contributed by atoms with Crippen molar-refractivity contribution in [2.24, 2.45) is 0 Å². The van der Waals surface area contributed by atoms with Gasteiger partial charge >= 0.3 is 5.97 Å². The zero-order valence-corrected chi connectivity index (χ0v) is 19.2. The molecule has 35 heavy (non-hydrogen) atoms. The lowest BCUT2D eigenvalue weighted by molar-refractivity contribution is -0.139. The molecule has 0 unspecified atom stereocenters. The predicted octanol–water partition coefficient (Wildman–Crippen LogP) is 5.03. The Bertz CT molecular complexity index is 1260. The number of hydrogen-bond acceptors (Lipinski definition) is 4. The molecule has 0 saturated heterocycles. The number of aromatic amines is 1. The molecule has 0 bridgehead atoms. The van der Waals surface area contributed by atoms with E-state index >= 15 is 0 Å². The fourth-order valence-corrected chi connectivity index (χ4v) is 4.02. The van der Waals surface area contributed by atoms with Crippen molar-refractivity contribution in [2.45, 2.75) is 18.8 Å². The first-order valence-corrected chi connectivity index (χ1v) is 11.5. The zero-order valence-electron chi connectivity index (χ0n) is 19.2. The summed E-state index contributed by atoms with van der Waals surface area (Å²) < 4.78 is 11.0. The van der Waals surface area contributed by atoms with Crippen LogP contribution in [0.1, 0.15) is 34.6 Å². The molecule has 4 aromatic rings. The smallest absolute Gasteiger partial charge is 0.341 e. The SMILES string of the molecule is O=C(O)COc1cccc(OCCCc2cc(C(c3ccccc3)c3ccccc3)c[nH]c2=O)c1. The average Bonchev–Trinajstić information content (AvgIpc) is 2.89. The Morgan fingerprint density at radius 1 is 0.800 bits per heavy atom. The van der Waals surface area contributed by atoms with Gasteiger partial charge in [-0.3, -0.25) is 4.79 Å². The number of benzene rings is 3. The van der Waals surface area contributed by atoms with Crippen LogP contribution in [0.15, 0.2) is 102 Å². The zero-order chi connectivity index (χ0) is 24.5. The van der Waals surface area contributed by atoms with Crippen molar-refractivity contribution in [2.75, 3.05) is 13.2 Å². The predicted molar refractivity (Wildman–Crippen MR) is 134 cm³/mol. The van der Waals surface area contributed by atoms with Crippen molar-refractivity contribution in [1.82, 2.24) is 4.98 Å². The van der Waals surface area contributed by atoms with Gasteiger partial charge < -0.3 is 19.6 Å². The van der Waals surface area contributed by atoms with Gasteiger partial charge in [-0.15, -0.1) is 0 Å². The minimum atomic E-state index is -1.04. The minimum absolute atomic E-state index is 0.0118. The number of pyridine rings is 1. The molecule has 6 nitrogen and oxygen atoms in total. The van der Waals surface area contributed by atoms with E-state index in [4.69, 9.17) is 14.6 Å². The summed E-state index contributed by atoms with van der Waals surface area (Å²) in [6.45, 7) is 0.00236. The maximum absolute atomic E-state index is 12.5. The van der Waals surface area contributed by atoms with Gasteiger partial charge in [-0.25, -0.2) is 4.79 Å². The van der Waals surface area contributed by atoms with Crippen LogP contribution < -0.4 is 15.0 Å². The van der Waals surface area contributed by atoms with Gasteiger partial charge in [-0.1, -0.05) is 66.7 Å². The molecule has 0 aliphatic rings. The van der Waals surface area contributed by atoms with Gasteiger partial charge in [-0.05, 0) is 47.7 Å².